The van der Waals surface area contributed by atoms with Gasteiger partial charge in [0.25, 0.3) is 0 Å². The first-order valence-electron chi connectivity index (χ1n) is 6.72. The molecule has 0 bridgehead atoms. The van der Waals surface area contributed by atoms with Gasteiger partial charge in [-0.3, -0.25) is 16.2 Å². The van der Waals surface area contributed by atoms with E-state index in [0.29, 0.717) is 0 Å². The molecule has 106 valence electrons. The maximum absolute atomic E-state index is 5.86. The molecular formula is C14H23N3O2. The van der Waals surface area contributed by atoms with E-state index >= 15 is 0 Å². The van der Waals surface area contributed by atoms with E-state index in [1.807, 2.05) is 24.3 Å². The maximum atomic E-state index is 5.86. The van der Waals surface area contributed by atoms with Gasteiger partial charge in [0.2, 0.25) is 0 Å². The highest BCUT2D eigenvalue weighted by Gasteiger charge is 2.28. The predicted octanol–water partition coefficient (Wildman–Crippen LogP) is 0.920. The second kappa shape index (κ2) is 6.86. The minimum atomic E-state index is 0.000237. The number of rotatable bonds is 5. The lowest BCUT2D eigenvalue weighted by molar-refractivity contribution is -0.0456. The van der Waals surface area contributed by atoms with E-state index in [1.54, 1.807) is 7.11 Å². The Labute approximate surface area is 114 Å². The van der Waals surface area contributed by atoms with E-state index in [4.69, 9.17) is 15.3 Å². The van der Waals surface area contributed by atoms with E-state index in [9.17, 15) is 0 Å². The van der Waals surface area contributed by atoms with E-state index < -0.39 is 0 Å². The van der Waals surface area contributed by atoms with Crippen LogP contribution in [0.2, 0.25) is 0 Å². The van der Waals surface area contributed by atoms with Gasteiger partial charge in [0.05, 0.1) is 25.9 Å². The van der Waals surface area contributed by atoms with Crippen LogP contribution in [0, 0.1) is 0 Å². The summed E-state index contributed by atoms with van der Waals surface area (Å²) in [5, 5.41) is 0. The summed E-state index contributed by atoms with van der Waals surface area (Å²) in [4.78, 5) is 2.38. The van der Waals surface area contributed by atoms with Crippen LogP contribution in [0.3, 0.4) is 0 Å². The minimum absolute atomic E-state index is 0.000237. The molecule has 0 amide bonds. The molecule has 2 unspecified atom stereocenters. The topological polar surface area (TPSA) is 59.8 Å². The van der Waals surface area contributed by atoms with Gasteiger partial charge in [0.15, 0.2) is 0 Å². The minimum Gasteiger partial charge on any atom is -0.497 e. The molecule has 0 radical (unpaired) electrons. The highest BCUT2D eigenvalue weighted by Crippen LogP contribution is 2.23. The largest absolute Gasteiger partial charge is 0.497 e. The SMILES string of the molecule is CCN1CCOC(C(NN)c2ccc(OC)cc2)C1. The van der Waals surface area contributed by atoms with Crippen molar-refractivity contribution in [2.24, 2.45) is 5.84 Å². The molecule has 3 N–H and O–H groups in total. The van der Waals surface area contributed by atoms with Crippen LogP contribution in [0.4, 0.5) is 0 Å². The molecule has 1 fully saturated rings. The van der Waals surface area contributed by atoms with E-state index in [-0.39, 0.29) is 12.1 Å². The number of methoxy groups -OCH3 is 1. The first-order chi connectivity index (χ1) is 9.28. The average molecular weight is 265 g/mol. The van der Waals surface area contributed by atoms with E-state index in [2.05, 4.69) is 17.2 Å². The number of nitrogens with zero attached hydrogens (tertiary/aromatic N) is 1. The van der Waals surface area contributed by atoms with Crippen molar-refractivity contribution in [2.75, 3.05) is 33.4 Å². The molecule has 0 spiro atoms. The zero-order valence-corrected chi connectivity index (χ0v) is 11.6. The van der Waals surface area contributed by atoms with Crippen molar-refractivity contribution < 1.29 is 9.47 Å². The van der Waals surface area contributed by atoms with Crippen LogP contribution in [-0.2, 0) is 4.74 Å². The van der Waals surface area contributed by atoms with Crippen molar-refractivity contribution in [3.05, 3.63) is 29.8 Å². The van der Waals surface area contributed by atoms with Crippen molar-refractivity contribution in [1.29, 1.82) is 0 Å². The van der Waals surface area contributed by atoms with Crippen molar-refractivity contribution >= 4 is 0 Å². The number of nitrogens with one attached hydrogen (secondary N) is 1. The van der Waals surface area contributed by atoms with Crippen molar-refractivity contribution in [1.82, 2.24) is 10.3 Å². The normalized spacial score (nSPS) is 22.2. The Morgan fingerprint density at radius 3 is 2.79 bits per heavy atom. The zero-order valence-electron chi connectivity index (χ0n) is 11.6. The zero-order chi connectivity index (χ0) is 13.7. The lowest BCUT2D eigenvalue weighted by atomic mass is 10.0. The van der Waals surface area contributed by atoms with Gasteiger partial charge in [-0.1, -0.05) is 19.1 Å². The summed E-state index contributed by atoms with van der Waals surface area (Å²) in [5.74, 6) is 6.56. The maximum Gasteiger partial charge on any atom is 0.118 e. The van der Waals surface area contributed by atoms with Crippen molar-refractivity contribution in [2.45, 2.75) is 19.1 Å². The third-order valence-electron chi connectivity index (χ3n) is 3.65. The molecular weight excluding hydrogens is 242 g/mol. The Balaban J connectivity index is 2.09. The third kappa shape index (κ3) is 3.45. The fourth-order valence-electron chi connectivity index (χ4n) is 2.45. The summed E-state index contributed by atoms with van der Waals surface area (Å²) in [6, 6.07) is 7.94. The van der Waals surface area contributed by atoms with Crippen molar-refractivity contribution in [3.63, 3.8) is 0 Å². The Kier molecular flexibility index (Phi) is 5.15. The average Bonchev–Trinajstić information content (AvgIpc) is 2.49. The van der Waals surface area contributed by atoms with Crippen molar-refractivity contribution in [3.8, 4) is 5.75 Å². The van der Waals surface area contributed by atoms with Crippen LogP contribution in [0.15, 0.2) is 24.3 Å². The van der Waals surface area contributed by atoms with Crippen LogP contribution in [0.1, 0.15) is 18.5 Å². The second-order valence-corrected chi connectivity index (χ2v) is 4.72. The Morgan fingerprint density at radius 1 is 1.47 bits per heavy atom. The number of ether oxygens (including phenoxy) is 2. The van der Waals surface area contributed by atoms with Gasteiger partial charge in [-0.15, -0.1) is 0 Å². The Morgan fingerprint density at radius 2 is 2.21 bits per heavy atom. The number of hydrazine groups is 1. The molecule has 5 nitrogen and oxygen atoms in total. The number of morpholine rings is 1. The summed E-state index contributed by atoms with van der Waals surface area (Å²) in [6.07, 6.45) is 0.0760. The number of likely N-dealkylation sites (N-methyl/N-ethyl adjacent to an activating group) is 1. The highest BCUT2D eigenvalue weighted by molar-refractivity contribution is 5.29. The van der Waals surface area contributed by atoms with Gasteiger partial charge in [0, 0.05) is 13.1 Å². The molecule has 1 aromatic rings. The summed E-state index contributed by atoms with van der Waals surface area (Å²) in [5.41, 5.74) is 3.99. The van der Waals surface area contributed by atoms with Crippen LogP contribution < -0.4 is 16.0 Å². The van der Waals surface area contributed by atoms with Gasteiger partial charge in [-0.05, 0) is 24.2 Å². The lowest BCUT2D eigenvalue weighted by Gasteiger charge is -2.36. The second-order valence-electron chi connectivity index (χ2n) is 4.72. The summed E-state index contributed by atoms with van der Waals surface area (Å²) in [6.45, 7) is 5.86. The summed E-state index contributed by atoms with van der Waals surface area (Å²) < 4.78 is 11.0. The van der Waals surface area contributed by atoms with Crippen LogP contribution in [0.25, 0.3) is 0 Å². The molecule has 2 rings (SSSR count). The fourth-order valence-corrected chi connectivity index (χ4v) is 2.45. The predicted molar refractivity (Wildman–Crippen MR) is 74.9 cm³/mol. The number of benzene rings is 1. The van der Waals surface area contributed by atoms with Crippen LogP contribution >= 0.6 is 0 Å². The van der Waals surface area contributed by atoms with Crippen LogP contribution in [-0.4, -0.2) is 44.4 Å². The molecule has 1 heterocycles. The number of nitrogens with two attached hydrogens (primary N) is 1. The molecule has 0 saturated carbocycles. The molecule has 0 aromatic heterocycles. The van der Waals surface area contributed by atoms with Gasteiger partial charge < -0.3 is 9.47 Å². The molecule has 1 aromatic carbocycles. The third-order valence-corrected chi connectivity index (χ3v) is 3.65. The number of hydrogen-bond donors (Lipinski definition) is 2. The Bertz CT molecular complexity index is 383. The quantitative estimate of drug-likeness (QED) is 0.612. The fraction of sp³-hybridized carbons (Fsp3) is 0.571. The van der Waals surface area contributed by atoms with Gasteiger partial charge >= 0.3 is 0 Å². The lowest BCUT2D eigenvalue weighted by Crippen LogP contribution is -2.49. The molecule has 1 aliphatic rings. The number of hydrogen-bond acceptors (Lipinski definition) is 5. The summed E-state index contributed by atoms with van der Waals surface area (Å²) in [7, 11) is 1.66. The van der Waals surface area contributed by atoms with Crippen LogP contribution in [0.5, 0.6) is 5.75 Å². The van der Waals surface area contributed by atoms with Gasteiger partial charge in [-0.2, -0.15) is 0 Å². The smallest absolute Gasteiger partial charge is 0.118 e. The van der Waals surface area contributed by atoms with Gasteiger partial charge in [-0.25, -0.2) is 0 Å². The molecule has 2 atom stereocenters. The standard InChI is InChI=1S/C14H23N3O2/c1-3-17-8-9-19-13(10-17)14(16-15)11-4-6-12(18-2)7-5-11/h4-7,13-14,16H,3,8-10,15H2,1-2H3. The molecule has 5 heteroatoms. The van der Waals surface area contributed by atoms with E-state index in [0.717, 1.165) is 37.6 Å². The molecule has 1 saturated heterocycles. The van der Waals surface area contributed by atoms with E-state index in [1.165, 1.54) is 0 Å². The summed E-state index contributed by atoms with van der Waals surface area (Å²) >= 11 is 0. The first-order valence-corrected chi connectivity index (χ1v) is 6.72. The molecule has 0 aliphatic carbocycles. The highest BCUT2D eigenvalue weighted by atomic mass is 16.5. The first kappa shape index (κ1) is 14.3. The molecule has 1 aliphatic heterocycles. The Hall–Kier alpha value is -1.14. The monoisotopic (exact) mass is 265 g/mol. The van der Waals surface area contributed by atoms with Gasteiger partial charge in [0.1, 0.15) is 5.75 Å². The molecule has 19 heavy (non-hydrogen) atoms.